The number of esters is 1. The standard InChI is InChI=1S/C10H8BrNO2.C9H6BrNO2.CH4.Cl2OS/c1-14-10(13)9-4-6-2-3-7(11)5-8(6)12-9;10-6-2-1-5-3-8(9(12)13)11-7(5)4-6;;1-4(2)3/h2-5,12H,1H3;1-4,11H,(H,12,13);1H4;. The molecule has 0 radical (unpaired) electrons. The Balaban J connectivity index is 0.000000268. The van der Waals surface area contributed by atoms with Crippen molar-refractivity contribution in [3.05, 3.63) is 68.9 Å². The van der Waals surface area contributed by atoms with Gasteiger partial charge in [0.05, 0.1) is 7.11 Å². The number of ether oxygens (including phenoxy) is 1. The van der Waals surface area contributed by atoms with Crippen molar-refractivity contribution < 1.29 is 23.6 Å². The highest BCUT2D eigenvalue weighted by Crippen LogP contribution is 2.21. The SMILES string of the molecule is C.COC(=O)c1cc2ccc(Br)cc2[nH]1.O=C(O)c1cc2ccc(Br)cc2[nH]1.O=S(Cl)Cl. The molecule has 0 aliphatic heterocycles. The van der Waals surface area contributed by atoms with Gasteiger partial charge in [0.25, 0.3) is 0 Å². The average Bonchev–Trinajstić information content (AvgIpc) is 3.30. The van der Waals surface area contributed by atoms with Gasteiger partial charge in [-0.2, -0.15) is 0 Å². The molecule has 4 aromatic rings. The lowest BCUT2D eigenvalue weighted by molar-refractivity contribution is 0.0594. The summed E-state index contributed by atoms with van der Waals surface area (Å²) in [5.41, 5.74) is 2.43. The van der Waals surface area contributed by atoms with Crippen molar-refractivity contribution in [1.29, 1.82) is 0 Å². The summed E-state index contributed by atoms with van der Waals surface area (Å²) in [5.74, 6) is -1.29. The Bertz CT molecular complexity index is 1260. The zero-order valence-corrected chi connectivity index (χ0v) is 21.1. The van der Waals surface area contributed by atoms with E-state index in [2.05, 4.69) is 67.9 Å². The third kappa shape index (κ3) is 8.25. The van der Waals surface area contributed by atoms with Crippen LogP contribution in [-0.4, -0.2) is 38.3 Å². The molecule has 3 N–H and O–H groups in total. The lowest BCUT2D eigenvalue weighted by Gasteiger charge is -1.92. The van der Waals surface area contributed by atoms with E-state index in [9.17, 15) is 9.59 Å². The van der Waals surface area contributed by atoms with E-state index in [0.717, 1.165) is 30.8 Å². The van der Waals surface area contributed by atoms with Crippen molar-refractivity contribution in [2.24, 2.45) is 0 Å². The zero-order chi connectivity index (χ0) is 23.1. The molecule has 0 atom stereocenters. The minimum absolute atomic E-state index is 0. The lowest BCUT2D eigenvalue weighted by atomic mass is 10.2. The number of hydrogen-bond donors (Lipinski definition) is 3. The van der Waals surface area contributed by atoms with Gasteiger partial charge in [-0.15, -0.1) is 0 Å². The Morgan fingerprint density at radius 2 is 1.31 bits per heavy atom. The van der Waals surface area contributed by atoms with Crippen LogP contribution in [0.5, 0.6) is 0 Å². The number of methoxy groups -OCH3 is 1. The van der Waals surface area contributed by atoms with E-state index in [1.54, 1.807) is 12.1 Å². The molecule has 0 saturated heterocycles. The number of aromatic nitrogens is 2. The van der Waals surface area contributed by atoms with Crippen molar-refractivity contribution in [2.45, 2.75) is 7.43 Å². The molecule has 7 nitrogen and oxygen atoms in total. The van der Waals surface area contributed by atoms with Gasteiger partial charge in [0.2, 0.25) is 9.23 Å². The molecule has 4 rings (SSSR count). The quantitative estimate of drug-likeness (QED) is 0.163. The number of halogens is 4. The molecule has 2 aromatic heterocycles. The average molecular weight is 629 g/mol. The fourth-order valence-electron chi connectivity index (χ4n) is 2.53. The Labute approximate surface area is 212 Å². The van der Waals surface area contributed by atoms with Crippen molar-refractivity contribution >= 4 is 96.2 Å². The van der Waals surface area contributed by atoms with E-state index in [0.29, 0.717) is 5.69 Å². The second-order valence-electron chi connectivity index (χ2n) is 5.81. The highest BCUT2D eigenvalue weighted by Gasteiger charge is 2.09. The van der Waals surface area contributed by atoms with Gasteiger partial charge < -0.3 is 19.8 Å². The molecular formula is C20H18Br2Cl2N2O5S. The monoisotopic (exact) mass is 626 g/mol. The third-order valence-corrected chi connectivity index (χ3v) is 4.79. The van der Waals surface area contributed by atoms with Gasteiger partial charge in [0.15, 0.2) is 0 Å². The van der Waals surface area contributed by atoms with Gasteiger partial charge in [-0.3, -0.25) is 0 Å². The number of rotatable bonds is 2. The van der Waals surface area contributed by atoms with E-state index in [4.69, 9.17) is 9.32 Å². The van der Waals surface area contributed by atoms with Crippen LogP contribution in [0.25, 0.3) is 21.8 Å². The Morgan fingerprint density at radius 1 is 0.906 bits per heavy atom. The number of hydrogen-bond acceptors (Lipinski definition) is 4. The first-order valence-electron chi connectivity index (χ1n) is 8.23. The maximum atomic E-state index is 11.2. The number of nitrogens with one attached hydrogen (secondary N) is 2. The number of carbonyl (C=O) groups is 2. The number of aromatic carboxylic acids is 1. The number of H-pyrrole nitrogens is 2. The molecule has 0 spiro atoms. The summed E-state index contributed by atoms with van der Waals surface area (Å²) in [6, 6.07) is 14.8. The second-order valence-corrected chi connectivity index (χ2v) is 10.2. The summed E-state index contributed by atoms with van der Waals surface area (Å²) in [6.07, 6.45) is 0. The molecule has 172 valence electrons. The van der Waals surface area contributed by atoms with Crippen LogP contribution in [0.3, 0.4) is 0 Å². The smallest absolute Gasteiger partial charge is 0.354 e. The van der Waals surface area contributed by atoms with Crippen LogP contribution in [0.1, 0.15) is 28.4 Å². The summed E-state index contributed by atoms with van der Waals surface area (Å²) >= 11 is 6.67. The van der Waals surface area contributed by atoms with Gasteiger partial charge in [-0.1, -0.05) is 51.4 Å². The molecule has 0 fully saturated rings. The Kier molecular flexibility index (Phi) is 11.5. The molecular weight excluding hydrogens is 611 g/mol. The van der Waals surface area contributed by atoms with E-state index in [-0.39, 0.29) is 19.1 Å². The predicted molar refractivity (Wildman–Crippen MR) is 137 cm³/mol. The Morgan fingerprint density at radius 3 is 1.72 bits per heavy atom. The molecule has 32 heavy (non-hydrogen) atoms. The normalized spacial score (nSPS) is 9.94. The maximum Gasteiger partial charge on any atom is 0.354 e. The van der Waals surface area contributed by atoms with Crippen molar-refractivity contribution in [3.63, 3.8) is 0 Å². The number of fused-ring (bicyclic) bond motifs is 2. The fraction of sp³-hybridized carbons (Fsp3) is 0.100. The van der Waals surface area contributed by atoms with E-state index < -0.39 is 15.2 Å². The molecule has 2 aromatic carbocycles. The van der Waals surface area contributed by atoms with Gasteiger partial charge in [0, 0.05) is 52.1 Å². The van der Waals surface area contributed by atoms with Crippen LogP contribution in [0, 0.1) is 0 Å². The van der Waals surface area contributed by atoms with Crippen molar-refractivity contribution in [2.75, 3.05) is 7.11 Å². The number of carboxylic acids is 1. The van der Waals surface area contributed by atoms with E-state index >= 15 is 0 Å². The summed E-state index contributed by atoms with van der Waals surface area (Å²) in [6.45, 7) is 0. The fourth-order valence-corrected chi connectivity index (χ4v) is 3.26. The first kappa shape index (κ1) is 28.2. The minimum atomic E-state index is -1.67. The first-order chi connectivity index (χ1) is 14.6. The zero-order valence-electron chi connectivity index (χ0n) is 15.6. The molecule has 0 unspecified atom stereocenters. The molecule has 0 aliphatic rings. The molecule has 0 saturated carbocycles. The van der Waals surface area contributed by atoms with Crippen LogP contribution in [0.15, 0.2) is 57.5 Å². The van der Waals surface area contributed by atoms with E-state index in [1.807, 2.05) is 36.4 Å². The van der Waals surface area contributed by atoms with Crippen LogP contribution < -0.4 is 0 Å². The van der Waals surface area contributed by atoms with E-state index in [1.165, 1.54) is 7.11 Å². The second kappa shape index (κ2) is 13.0. The number of carboxylic acid groups (broad SMARTS) is 1. The van der Waals surface area contributed by atoms with Crippen molar-refractivity contribution in [1.82, 2.24) is 9.97 Å². The van der Waals surface area contributed by atoms with Gasteiger partial charge in [-0.25, -0.2) is 13.8 Å². The summed E-state index contributed by atoms with van der Waals surface area (Å²) < 4.78 is 15.6. The number of aromatic amines is 2. The molecule has 2 heterocycles. The molecule has 0 amide bonds. The predicted octanol–water partition coefficient (Wildman–Crippen LogP) is 7.02. The number of carbonyl (C=O) groups excluding carboxylic acids is 1. The van der Waals surface area contributed by atoms with Crippen LogP contribution in [0.4, 0.5) is 0 Å². The summed E-state index contributed by atoms with van der Waals surface area (Å²) in [7, 11) is 8.72. The highest BCUT2D eigenvalue weighted by molar-refractivity contribution is 9.10. The van der Waals surface area contributed by atoms with Gasteiger partial charge in [0.1, 0.15) is 11.4 Å². The molecule has 12 heteroatoms. The molecule has 0 bridgehead atoms. The number of benzene rings is 2. The minimum Gasteiger partial charge on any atom is -0.477 e. The van der Waals surface area contributed by atoms with Gasteiger partial charge in [-0.05, 0) is 36.4 Å². The van der Waals surface area contributed by atoms with Crippen LogP contribution in [0.2, 0.25) is 0 Å². The third-order valence-electron chi connectivity index (χ3n) is 3.80. The largest absolute Gasteiger partial charge is 0.477 e. The lowest BCUT2D eigenvalue weighted by Crippen LogP contribution is -2.00. The van der Waals surface area contributed by atoms with Gasteiger partial charge >= 0.3 is 11.9 Å². The Hall–Kier alpha value is -1.85. The summed E-state index contributed by atoms with van der Waals surface area (Å²) in [4.78, 5) is 27.6. The van der Waals surface area contributed by atoms with Crippen molar-refractivity contribution in [3.8, 4) is 0 Å². The van der Waals surface area contributed by atoms with Crippen LogP contribution in [-0.2, 0) is 14.0 Å². The topological polar surface area (TPSA) is 112 Å². The van der Waals surface area contributed by atoms with Crippen LogP contribution >= 0.6 is 53.2 Å². The first-order valence-corrected chi connectivity index (χ1v) is 12.6. The highest BCUT2D eigenvalue weighted by atomic mass is 79.9. The maximum absolute atomic E-state index is 11.2. The summed E-state index contributed by atoms with van der Waals surface area (Å²) in [5, 5.41) is 10.6. The molecule has 0 aliphatic carbocycles.